The molecule has 1 atom stereocenters. The van der Waals surface area contributed by atoms with Gasteiger partial charge in [-0.05, 0) is 42.4 Å². The maximum absolute atomic E-state index is 5.75. The van der Waals surface area contributed by atoms with Crippen molar-refractivity contribution in [1.82, 2.24) is 9.97 Å². The second-order valence-corrected chi connectivity index (χ2v) is 5.27. The van der Waals surface area contributed by atoms with E-state index in [0.717, 1.165) is 23.8 Å². The van der Waals surface area contributed by atoms with Gasteiger partial charge in [0.1, 0.15) is 5.82 Å². The summed E-state index contributed by atoms with van der Waals surface area (Å²) in [6, 6.07) is 0. The Kier molecular flexibility index (Phi) is 3.70. The fourth-order valence-electron chi connectivity index (χ4n) is 1.58. The van der Waals surface area contributed by atoms with Crippen LogP contribution in [0.1, 0.15) is 12.0 Å². The molecule has 0 spiro atoms. The Morgan fingerprint density at radius 2 is 2.53 bits per heavy atom. The van der Waals surface area contributed by atoms with E-state index in [9.17, 15) is 0 Å². The molecular formula is C10H14ClN3S. The van der Waals surface area contributed by atoms with Crippen molar-refractivity contribution >= 4 is 29.2 Å². The molecule has 0 saturated carbocycles. The van der Waals surface area contributed by atoms with Crippen molar-refractivity contribution in [3.8, 4) is 0 Å². The van der Waals surface area contributed by atoms with Gasteiger partial charge in [-0.2, -0.15) is 11.8 Å². The summed E-state index contributed by atoms with van der Waals surface area (Å²) in [6.07, 6.45) is 3.05. The van der Waals surface area contributed by atoms with Crippen molar-refractivity contribution in [3.63, 3.8) is 0 Å². The van der Waals surface area contributed by atoms with Gasteiger partial charge in [0.25, 0.3) is 0 Å². The quantitative estimate of drug-likeness (QED) is 0.829. The molecule has 2 rings (SSSR count). The third-order valence-corrected chi connectivity index (χ3v) is 3.94. The van der Waals surface area contributed by atoms with Crippen molar-refractivity contribution in [2.75, 3.05) is 23.4 Å². The number of halogens is 1. The van der Waals surface area contributed by atoms with E-state index < -0.39 is 0 Å². The van der Waals surface area contributed by atoms with Crippen LogP contribution in [0.3, 0.4) is 0 Å². The van der Waals surface area contributed by atoms with Crippen LogP contribution in [0.5, 0.6) is 0 Å². The Labute approximate surface area is 99.0 Å². The minimum Gasteiger partial charge on any atom is -0.369 e. The van der Waals surface area contributed by atoms with Gasteiger partial charge in [0.2, 0.25) is 5.28 Å². The predicted octanol–water partition coefficient (Wildman–Crippen LogP) is 2.60. The number of nitrogens with zero attached hydrogens (tertiary/aromatic N) is 2. The first kappa shape index (κ1) is 11.0. The maximum Gasteiger partial charge on any atom is 0.224 e. The standard InChI is InChI=1S/C10H14ClN3S/c1-7-4-13-10(11)14-9(7)12-5-8-2-3-15-6-8/h4,8H,2-3,5-6H2,1H3,(H,12,13,14). The van der Waals surface area contributed by atoms with Crippen LogP contribution in [0.15, 0.2) is 6.20 Å². The molecule has 82 valence electrons. The van der Waals surface area contributed by atoms with E-state index in [4.69, 9.17) is 11.6 Å². The van der Waals surface area contributed by atoms with E-state index in [2.05, 4.69) is 15.3 Å². The lowest BCUT2D eigenvalue weighted by molar-refractivity contribution is 0.630. The second-order valence-electron chi connectivity index (χ2n) is 3.78. The number of rotatable bonds is 3. The molecule has 1 N–H and O–H groups in total. The first-order valence-electron chi connectivity index (χ1n) is 5.06. The molecule has 1 fully saturated rings. The largest absolute Gasteiger partial charge is 0.369 e. The van der Waals surface area contributed by atoms with Crippen LogP contribution in [0, 0.1) is 12.8 Å². The van der Waals surface area contributed by atoms with E-state index in [1.807, 2.05) is 18.7 Å². The van der Waals surface area contributed by atoms with Gasteiger partial charge in [0, 0.05) is 18.3 Å². The summed E-state index contributed by atoms with van der Waals surface area (Å²) in [6.45, 7) is 2.98. The molecule has 0 aliphatic carbocycles. The molecule has 5 heteroatoms. The second kappa shape index (κ2) is 5.03. The molecule has 1 aromatic rings. The van der Waals surface area contributed by atoms with Crippen LogP contribution in [-0.4, -0.2) is 28.0 Å². The number of hydrogen-bond acceptors (Lipinski definition) is 4. The molecule has 15 heavy (non-hydrogen) atoms. The van der Waals surface area contributed by atoms with Gasteiger partial charge in [-0.1, -0.05) is 0 Å². The molecule has 1 aromatic heterocycles. The number of aromatic nitrogens is 2. The summed E-state index contributed by atoms with van der Waals surface area (Å²) >= 11 is 7.77. The molecule has 1 aliphatic heterocycles. The zero-order valence-electron chi connectivity index (χ0n) is 8.66. The highest BCUT2D eigenvalue weighted by molar-refractivity contribution is 7.99. The molecule has 0 radical (unpaired) electrons. The predicted molar refractivity (Wildman–Crippen MR) is 65.7 cm³/mol. The minimum absolute atomic E-state index is 0.309. The average Bonchev–Trinajstić information content (AvgIpc) is 2.72. The Bertz CT molecular complexity index is 339. The summed E-state index contributed by atoms with van der Waals surface area (Å²) < 4.78 is 0. The number of anilines is 1. The Morgan fingerprint density at radius 1 is 1.67 bits per heavy atom. The zero-order chi connectivity index (χ0) is 10.7. The topological polar surface area (TPSA) is 37.8 Å². The molecule has 1 unspecified atom stereocenters. The SMILES string of the molecule is Cc1cnc(Cl)nc1NCC1CCSC1. The first-order chi connectivity index (χ1) is 7.25. The molecule has 1 saturated heterocycles. The Balaban J connectivity index is 1.94. The van der Waals surface area contributed by atoms with Crippen LogP contribution in [0.4, 0.5) is 5.82 Å². The molecule has 1 aliphatic rings. The first-order valence-corrected chi connectivity index (χ1v) is 6.59. The Morgan fingerprint density at radius 3 is 3.27 bits per heavy atom. The van der Waals surface area contributed by atoms with Gasteiger partial charge >= 0.3 is 0 Å². The van der Waals surface area contributed by atoms with Crippen molar-refractivity contribution in [1.29, 1.82) is 0 Å². The highest BCUT2D eigenvalue weighted by Gasteiger charge is 2.15. The maximum atomic E-state index is 5.75. The van der Waals surface area contributed by atoms with Gasteiger partial charge in [-0.3, -0.25) is 0 Å². The van der Waals surface area contributed by atoms with Crippen LogP contribution in [-0.2, 0) is 0 Å². The fourth-order valence-corrected chi connectivity index (χ4v) is 3.00. The van der Waals surface area contributed by atoms with Crippen LogP contribution in [0.25, 0.3) is 0 Å². The third kappa shape index (κ3) is 2.98. The van der Waals surface area contributed by atoms with Crippen LogP contribution < -0.4 is 5.32 Å². The minimum atomic E-state index is 0.309. The molecule has 0 aromatic carbocycles. The van der Waals surface area contributed by atoms with Gasteiger partial charge < -0.3 is 5.32 Å². The molecule has 2 heterocycles. The van der Waals surface area contributed by atoms with Crippen molar-refractivity contribution in [2.24, 2.45) is 5.92 Å². The molecule has 3 nitrogen and oxygen atoms in total. The summed E-state index contributed by atoms with van der Waals surface area (Å²) in [5.41, 5.74) is 1.05. The summed E-state index contributed by atoms with van der Waals surface area (Å²) in [4.78, 5) is 8.10. The smallest absolute Gasteiger partial charge is 0.224 e. The van der Waals surface area contributed by atoms with E-state index in [1.165, 1.54) is 17.9 Å². The lowest BCUT2D eigenvalue weighted by Gasteiger charge is -2.12. The number of hydrogen-bond donors (Lipinski definition) is 1. The van der Waals surface area contributed by atoms with Gasteiger partial charge in [0.05, 0.1) is 0 Å². The summed E-state index contributed by atoms with van der Waals surface area (Å²) in [5.74, 6) is 4.18. The van der Waals surface area contributed by atoms with Gasteiger partial charge in [-0.15, -0.1) is 0 Å². The van der Waals surface area contributed by atoms with E-state index in [-0.39, 0.29) is 0 Å². The fraction of sp³-hybridized carbons (Fsp3) is 0.600. The van der Waals surface area contributed by atoms with E-state index in [0.29, 0.717) is 5.28 Å². The van der Waals surface area contributed by atoms with E-state index >= 15 is 0 Å². The average molecular weight is 244 g/mol. The molecule has 0 bridgehead atoms. The monoisotopic (exact) mass is 243 g/mol. The normalized spacial score (nSPS) is 20.5. The lowest BCUT2D eigenvalue weighted by atomic mass is 10.1. The lowest BCUT2D eigenvalue weighted by Crippen LogP contribution is -2.15. The number of nitrogens with one attached hydrogen (secondary N) is 1. The molecule has 0 amide bonds. The van der Waals surface area contributed by atoms with Crippen LogP contribution in [0.2, 0.25) is 5.28 Å². The highest BCUT2D eigenvalue weighted by atomic mass is 35.5. The number of thioether (sulfide) groups is 1. The third-order valence-electron chi connectivity index (χ3n) is 2.52. The van der Waals surface area contributed by atoms with Gasteiger partial charge in [-0.25, -0.2) is 9.97 Å². The molecular weight excluding hydrogens is 230 g/mol. The van der Waals surface area contributed by atoms with Gasteiger partial charge in [0.15, 0.2) is 0 Å². The summed E-state index contributed by atoms with van der Waals surface area (Å²) in [7, 11) is 0. The Hall–Kier alpha value is -0.480. The van der Waals surface area contributed by atoms with Crippen LogP contribution >= 0.6 is 23.4 Å². The van der Waals surface area contributed by atoms with Crippen molar-refractivity contribution in [2.45, 2.75) is 13.3 Å². The zero-order valence-corrected chi connectivity index (χ0v) is 10.2. The van der Waals surface area contributed by atoms with E-state index in [1.54, 1.807) is 6.20 Å². The van der Waals surface area contributed by atoms with Crippen molar-refractivity contribution < 1.29 is 0 Å². The highest BCUT2D eigenvalue weighted by Crippen LogP contribution is 2.24. The summed E-state index contributed by atoms with van der Waals surface area (Å²) in [5, 5.41) is 3.66. The number of aryl methyl sites for hydroxylation is 1. The van der Waals surface area contributed by atoms with Crippen molar-refractivity contribution in [3.05, 3.63) is 17.0 Å².